The van der Waals surface area contributed by atoms with E-state index in [-0.39, 0.29) is 11.9 Å². The predicted octanol–water partition coefficient (Wildman–Crippen LogP) is 4.36. The molecule has 4 aliphatic rings. The summed E-state index contributed by atoms with van der Waals surface area (Å²) in [6, 6.07) is 6.71. The molecule has 1 spiro atoms. The molecule has 2 aliphatic heterocycles. The van der Waals surface area contributed by atoms with Crippen molar-refractivity contribution in [3.05, 3.63) is 63.8 Å². The van der Waals surface area contributed by atoms with E-state index in [0.29, 0.717) is 52.5 Å². The highest BCUT2D eigenvalue weighted by molar-refractivity contribution is 5.95. The Morgan fingerprint density at radius 1 is 1.06 bits per heavy atom. The van der Waals surface area contributed by atoms with Crippen molar-refractivity contribution in [1.82, 2.24) is 44.5 Å². The molecule has 1 fully saturated rings. The van der Waals surface area contributed by atoms with Crippen molar-refractivity contribution in [3.8, 4) is 23.4 Å². The Balaban J connectivity index is 1.24. The number of carbonyl (C=O) groups is 1. The fourth-order valence-corrected chi connectivity index (χ4v) is 9.14. The molecular formula is C36H39N11O2. The highest BCUT2D eigenvalue weighted by Crippen LogP contribution is 2.53. The molecule has 1 aromatic carbocycles. The van der Waals surface area contributed by atoms with Crippen molar-refractivity contribution in [2.45, 2.75) is 82.2 Å². The van der Waals surface area contributed by atoms with Crippen LogP contribution in [0.4, 0.5) is 5.69 Å². The number of nitrogens with two attached hydrogens (primary N) is 1. The number of hydrogen-bond acceptors (Lipinski definition) is 10. The Bertz CT molecular complexity index is 2200. The fourth-order valence-electron chi connectivity index (χ4n) is 9.14. The van der Waals surface area contributed by atoms with Crippen molar-refractivity contribution < 1.29 is 9.32 Å². The smallest absolute Gasteiger partial charge is 0.274 e. The van der Waals surface area contributed by atoms with Crippen molar-refractivity contribution in [2.24, 2.45) is 0 Å². The molecule has 2 aliphatic carbocycles. The van der Waals surface area contributed by atoms with Crippen LogP contribution in [0.2, 0.25) is 0 Å². The van der Waals surface area contributed by atoms with Crippen LogP contribution in [0.5, 0.6) is 0 Å². The highest BCUT2D eigenvalue weighted by Gasteiger charge is 2.48. The van der Waals surface area contributed by atoms with E-state index in [2.05, 4.69) is 31.0 Å². The number of nitrogen functional groups attached to an aromatic ring is 1. The highest BCUT2D eigenvalue weighted by atomic mass is 16.5. The average Bonchev–Trinajstić information content (AvgIpc) is 3.92. The first-order valence-corrected chi connectivity index (χ1v) is 17.4. The van der Waals surface area contributed by atoms with Crippen LogP contribution in [0.25, 0.3) is 28.4 Å². The molecule has 49 heavy (non-hydrogen) atoms. The number of aryl methyl sites for hydroxylation is 1. The number of benzene rings is 1. The Labute approximate surface area is 283 Å². The number of fused-ring (bicyclic) bond motifs is 6. The van der Waals surface area contributed by atoms with Crippen molar-refractivity contribution >= 4 is 22.6 Å². The molecule has 13 nitrogen and oxygen atoms in total. The minimum Gasteiger partial charge on any atom is -0.398 e. The lowest BCUT2D eigenvalue weighted by Gasteiger charge is -2.41. The summed E-state index contributed by atoms with van der Waals surface area (Å²) < 4.78 is 10.1. The van der Waals surface area contributed by atoms with Crippen molar-refractivity contribution in [2.75, 3.05) is 32.9 Å². The zero-order valence-corrected chi connectivity index (χ0v) is 28.1. The predicted molar refractivity (Wildman–Crippen MR) is 181 cm³/mol. The van der Waals surface area contributed by atoms with Crippen LogP contribution < -0.4 is 5.73 Å². The van der Waals surface area contributed by atoms with Crippen LogP contribution in [0, 0.1) is 11.3 Å². The van der Waals surface area contributed by atoms with Gasteiger partial charge >= 0.3 is 0 Å². The van der Waals surface area contributed by atoms with Gasteiger partial charge in [0, 0.05) is 42.6 Å². The third-order valence-electron chi connectivity index (χ3n) is 11.7. The first kappa shape index (κ1) is 30.0. The molecular weight excluding hydrogens is 618 g/mol. The average molecular weight is 658 g/mol. The third-order valence-corrected chi connectivity index (χ3v) is 11.7. The van der Waals surface area contributed by atoms with Gasteiger partial charge in [-0.1, -0.05) is 11.2 Å². The van der Waals surface area contributed by atoms with Gasteiger partial charge in [0.15, 0.2) is 34.4 Å². The maximum atomic E-state index is 13.1. The number of amides is 1. The Kier molecular flexibility index (Phi) is 6.71. The molecule has 9 rings (SSSR count). The summed E-state index contributed by atoms with van der Waals surface area (Å²) in [5.41, 5.74) is 12.7. The summed E-state index contributed by atoms with van der Waals surface area (Å²) in [5, 5.41) is 25.4. The van der Waals surface area contributed by atoms with Crippen LogP contribution in [-0.2, 0) is 24.7 Å². The standard InChI is InChI=1S/C36H39N11O2/c1-20(27-9-6-15-44(27)2)47-34-25(18-39-47)33(46-19-22-12-16-45(3)35(48)29(22)42-46)40-32(41-34)30-23-8-5-14-36(31(23)49-43-30)13-4-7-21-10-11-26(38)24(17-37)28(21)36/h10-11,18-20,27H,4-9,12-16,38H2,1-3H3. The number of aromatic nitrogens is 7. The van der Waals surface area contributed by atoms with E-state index >= 15 is 0 Å². The quantitative estimate of drug-likeness (QED) is 0.275. The zero-order valence-electron chi connectivity index (χ0n) is 28.1. The second kappa shape index (κ2) is 11.0. The molecule has 0 radical (unpaired) electrons. The van der Waals surface area contributed by atoms with E-state index in [0.717, 1.165) is 97.7 Å². The van der Waals surface area contributed by atoms with Gasteiger partial charge in [0.05, 0.1) is 28.6 Å². The monoisotopic (exact) mass is 657 g/mol. The van der Waals surface area contributed by atoms with E-state index in [9.17, 15) is 10.1 Å². The van der Waals surface area contributed by atoms with Gasteiger partial charge in [0.25, 0.3) is 5.91 Å². The maximum absolute atomic E-state index is 13.1. The first-order chi connectivity index (χ1) is 23.8. The summed E-state index contributed by atoms with van der Waals surface area (Å²) in [5.74, 6) is 1.67. The summed E-state index contributed by atoms with van der Waals surface area (Å²) in [7, 11) is 3.97. The lowest BCUT2D eigenvalue weighted by atomic mass is 9.61. The number of likely N-dealkylation sites (tertiary alicyclic amines) is 1. The second-order valence-electron chi connectivity index (χ2n) is 14.4. The van der Waals surface area contributed by atoms with E-state index in [1.54, 1.807) is 16.6 Å². The maximum Gasteiger partial charge on any atom is 0.274 e. The van der Waals surface area contributed by atoms with E-state index < -0.39 is 5.41 Å². The molecule has 1 saturated heterocycles. The van der Waals surface area contributed by atoms with Gasteiger partial charge in [-0.05, 0) is 95.5 Å². The van der Waals surface area contributed by atoms with Crippen molar-refractivity contribution in [3.63, 3.8) is 0 Å². The Morgan fingerprint density at radius 2 is 1.90 bits per heavy atom. The number of likely N-dealkylation sites (N-methyl/N-ethyl adjacent to an activating group) is 2. The number of carbonyl (C=O) groups excluding carboxylic acids is 1. The molecule has 3 atom stereocenters. The molecule has 5 aromatic rings. The summed E-state index contributed by atoms with van der Waals surface area (Å²) in [6.07, 6.45) is 11.9. The van der Waals surface area contributed by atoms with Crippen LogP contribution >= 0.6 is 0 Å². The topological polar surface area (TPSA) is 161 Å². The number of nitriles is 1. The lowest BCUT2D eigenvalue weighted by Crippen LogP contribution is -2.36. The second-order valence-corrected chi connectivity index (χ2v) is 14.4. The van der Waals surface area contributed by atoms with Gasteiger partial charge in [0.1, 0.15) is 6.07 Å². The normalized spacial score (nSPS) is 22.7. The van der Waals surface area contributed by atoms with Crippen molar-refractivity contribution in [1.29, 1.82) is 5.26 Å². The number of nitrogens with zero attached hydrogens (tertiary/aromatic N) is 10. The van der Waals surface area contributed by atoms with Gasteiger partial charge in [0.2, 0.25) is 0 Å². The minimum absolute atomic E-state index is 0.0600. The molecule has 2 N–H and O–H groups in total. The van der Waals surface area contributed by atoms with Gasteiger partial charge in [-0.3, -0.25) is 4.79 Å². The Hall–Kier alpha value is -5.09. The first-order valence-electron chi connectivity index (χ1n) is 17.4. The van der Waals surface area contributed by atoms with Crippen LogP contribution in [0.15, 0.2) is 29.0 Å². The molecule has 6 heterocycles. The zero-order chi connectivity index (χ0) is 33.6. The Morgan fingerprint density at radius 3 is 2.69 bits per heavy atom. The summed E-state index contributed by atoms with van der Waals surface area (Å²) >= 11 is 0. The van der Waals surface area contributed by atoms with Gasteiger partial charge in [-0.15, -0.1) is 0 Å². The van der Waals surface area contributed by atoms with E-state index in [1.807, 2.05) is 23.1 Å². The third kappa shape index (κ3) is 4.32. The molecule has 4 aromatic heterocycles. The SMILES string of the molecule is CC(C1CCCN1C)n1ncc2c(-n3cc4c(n3)C(=O)N(C)CC4)nc(-c3noc4c3CCCC43CCCc4ccc(N)c(C#N)c43)nc21. The molecule has 0 saturated carbocycles. The molecule has 13 heteroatoms. The van der Waals surface area contributed by atoms with Gasteiger partial charge < -0.3 is 20.1 Å². The fraction of sp³-hybridized carbons (Fsp3) is 0.472. The molecule has 250 valence electrons. The largest absolute Gasteiger partial charge is 0.398 e. The minimum atomic E-state index is -0.490. The molecule has 1 amide bonds. The number of hydrogen-bond donors (Lipinski definition) is 1. The van der Waals surface area contributed by atoms with E-state index in [4.69, 9.17) is 35.6 Å². The molecule has 0 bridgehead atoms. The summed E-state index contributed by atoms with van der Waals surface area (Å²) in [4.78, 5) is 27.5. The van der Waals surface area contributed by atoms with Crippen LogP contribution in [0.3, 0.4) is 0 Å². The number of rotatable bonds is 4. The summed E-state index contributed by atoms with van der Waals surface area (Å²) in [6.45, 7) is 3.89. The molecule has 3 unspecified atom stereocenters. The lowest BCUT2D eigenvalue weighted by molar-refractivity contribution is 0.0774. The van der Waals surface area contributed by atoms with Crippen LogP contribution in [0.1, 0.15) is 95.6 Å². The number of anilines is 1. The van der Waals surface area contributed by atoms with Gasteiger partial charge in [-0.25, -0.2) is 19.3 Å². The van der Waals surface area contributed by atoms with Gasteiger partial charge in [-0.2, -0.15) is 15.5 Å². The van der Waals surface area contributed by atoms with E-state index in [1.165, 1.54) is 0 Å². The van der Waals surface area contributed by atoms with Crippen LogP contribution in [-0.4, -0.2) is 83.6 Å².